The summed E-state index contributed by atoms with van der Waals surface area (Å²) in [4.78, 5) is 22.3. The molecule has 1 saturated heterocycles. The van der Waals surface area contributed by atoms with E-state index in [4.69, 9.17) is 0 Å². The van der Waals surface area contributed by atoms with Crippen LogP contribution < -0.4 is 0 Å². The zero-order valence-corrected chi connectivity index (χ0v) is 17.6. The van der Waals surface area contributed by atoms with Gasteiger partial charge in [-0.3, -0.25) is 9.69 Å². The molecule has 1 amide bonds. The Labute approximate surface area is 178 Å². The number of halogens is 2. The van der Waals surface area contributed by atoms with Gasteiger partial charge in [-0.2, -0.15) is 0 Å². The number of carbonyl (C=O) groups is 1. The van der Waals surface area contributed by atoms with Crippen LogP contribution in [0.5, 0.6) is 0 Å². The number of amides is 1. The van der Waals surface area contributed by atoms with Crippen LogP contribution in [0.1, 0.15) is 27.3 Å². The molecule has 3 aromatic rings. The minimum Gasteiger partial charge on any atom is -0.337 e. The Morgan fingerprint density at radius 1 is 1.03 bits per heavy atom. The molecule has 7 heteroatoms. The van der Waals surface area contributed by atoms with Crippen LogP contribution in [0.3, 0.4) is 0 Å². The summed E-state index contributed by atoms with van der Waals surface area (Å²) in [6.45, 7) is 5.15. The predicted octanol–water partition coefficient (Wildman–Crippen LogP) is 4.74. The lowest BCUT2D eigenvalue weighted by molar-refractivity contribution is 0.0765. The van der Waals surface area contributed by atoms with Crippen molar-refractivity contribution in [1.29, 1.82) is 0 Å². The van der Waals surface area contributed by atoms with Crippen molar-refractivity contribution in [1.82, 2.24) is 14.8 Å². The van der Waals surface area contributed by atoms with Crippen molar-refractivity contribution in [3.63, 3.8) is 0 Å². The Balaban J connectivity index is 1.44. The summed E-state index contributed by atoms with van der Waals surface area (Å²) in [5, 5.41) is 0.715. The first-order chi connectivity index (χ1) is 14.5. The quantitative estimate of drug-likeness (QED) is 0.603. The lowest BCUT2D eigenvalue weighted by Crippen LogP contribution is -2.35. The second kappa shape index (κ2) is 9.02. The predicted molar refractivity (Wildman–Crippen MR) is 114 cm³/mol. The van der Waals surface area contributed by atoms with E-state index in [2.05, 4.69) is 9.88 Å². The Bertz CT molecular complexity index is 1040. The second-order valence-electron chi connectivity index (χ2n) is 7.45. The molecule has 30 heavy (non-hydrogen) atoms. The molecule has 1 aromatic heterocycles. The highest BCUT2D eigenvalue weighted by Crippen LogP contribution is 2.29. The van der Waals surface area contributed by atoms with Crippen molar-refractivity contribution < 1.29 is 13.6 Å². The summed E-state index contributed by atoms with van der Waals surface area (Å²) in [6.07, 6.45) is 0.836. The number of aryl methyl sites for hydroxylation is 1. The van der Waals surface area contributed by atoms with Gasteiger partial charge in [-0.25, -0.2) is 13.8 Å². The normalized spacial score (nSPS) is 15.2. The van der Waals surface area contributed by atoms with E-state index in [9.17, 15) is 13.6 Å². The molecule has 0 spiro atoms. The highest BCUT2D eigenvalue weighted by atomic mass is 32.1. The minimum atomic E-state index is -0.298. The van der Waals surface area contributed by atoms with Gasteiger partial charge in [0.15, 0.2) is 0 Å². The number of aromatic nitrogens is 1. The third-order valence-corrected chi connectivity index (χ3v) is 6.50. The molecule has 0 radical (unpaired) electrons. The molecule has 4 nitrogen and oxygen atoms in total. The van der Waals surface area contributed by atoms with Gasteiger partial charge < -0.3 is 4.90 Å². The van der Waals surface area contributed by atoms with Crippen LogP contribution in [0.2, 0.25) is 0 Å². The van der Waals surface area contributed by atoms with Crippen LogP contribution in [-0.2, 0) is 6.54 Å². The Kier molecular flexibility index (Phi) is 6.20. The zero-order valence-electron chi connectivity index (χ0n) is 16.8. The third-order valence-electron chi connectivity index (χ3n) is 5.31. The molecule has 0 unspecified atom stereocenters. The molecule has 156 valence electrons. The fourth-order valence-electron chi connectivity index (χ4n) is 3.65. The molecular weight excluding hydrogens is 404 g/mol. The molecular formula is C23H23F2N3OS. The lowest BCUT2D eigenvalue weighted by atomic mass is 10.2. The zero-order chi connectivity index (χ0) is 21.1. The standard InChI is InChI=1S/C23H23F2N3OS/c1-16-21(30-22(26-16)17-7-9-19(24)10-8-17)23(29)28-12-4-11-27(13-14-28)15-18-5-2-3-6-20(18)25/h2-3,5-10H,4,11-15H2,1H3. The van der Waals surface area contributed by atoms with Crippen molar-refractivity contribution in [3.8, 4) is 10.6 Å². The van der Waals surface area contributed by atoms with E-state index in [-0.39, 0.29) is 17.5 Å². The molecule has 0 bridgehead atoms. The van der Waals surface area contributed by atoms with Crippen molar-refractivity contribution in [2.75, 3.05) is 26.2 Å². The van der Waals surface area contributed by atoms with E-state index in [0.717, 1.165) is 18.5 Å². The number of rotatable bonds is 4. The van der Waals surface area contributed by atoms with Gasteiger partial charge >= 0.3 is 0 Å². The van der Waals surface area contributed by atoms with Crippen molar-refractivity contribution in [2.45, 2.75) is 19.9 Å². The van der Waals surface area contributed by atoms with Gasteiger partial charge in [-0.05, 0) is 43.7 Å². The van der Waals surface area contributed by atoms with Crippen molar-refractivity contribution in [2.24, 2.45) is 0 Å². The van der Waals surface area contributed by atoms with Crippen LogP contribution in [0.15, 0.2) is 48.5 Å². The number of hydrogen-bond acceptors (Lipinski definition) is 4. The van der Waals surface area contributed by atoms with Crippen LogP contribution in [0, 0.1) is 18.6 Å². The SMILES string of the molecule is Cc1nc(-c2ccc(F)cc2)sc1C(=O)N1CCCN(Cc2ccccc2F)CC1. The average Bonchev–Trinajstić information content (AvgIpc) is 2.97. The summed E-state index contributed by atoms with van der Waals surface area (Å²) in [7, 11) is 0. The fourth-order valence-corrected chi connectivity index (χ4v) is 4.69. The summed E-state index contributed by atoms with van der Waals surface area (Å²) in [5.41, 5.74) is 2.17. The van der Waals surface area contributed by atoms with Gasteiger partial charge in [0.25, 0.3) is 5.91 Å². The minimum absolute atomic E-state index is 0.0221. The maximum absolute atomic E-state index is 14.0. The Morgan fingerprint density at radius 2 is 1.80 bits per heavy atom. The maximum Gasteiger partial charge on any atom is 0.265 e. The van der Waals surface area contributed by atoms with Gasteiger partial charge in [0.2, 0.25) is 0 Å². The van der Waals surface area contributed by atoms with Gasteiger partial charge in [0, 0.05) is 43.9 Å². The van der Waals surface area contributed by atoms with Crippen LogP contribution >= 0.6 is 11.3 Å². The molecule has 1 aliphatic rings. The second-order valence-corrected chi connectivity index (χ2v) is 8.45. The van der Waals surface area contributed by atoms with Crippen LogP contribution in [0.25, 0.3) is 10.6 Å². The van der Waals surface area contributed by atoms with Crippen molar-refractivity contribution >= 4 is 17.2 Å². The monoisotopic (exact) mass is 427 g/mol. The summed E-state index contributed by atoms with van der Waals surface area (Å²) >= 11 is 1.34. The number of thiazole rings is 1. The van der Waals surface area contributed by atoms with Crippen LogP contribution in [0.4, 0.5) is 8.78 Å². The molecule has 2 heterocycles. The highest BCUT2D eigenvalue weighted by Gasteiger charge is 2.24. The summed E-state index contributed by atoms with van der Waals surface area (Å²) in [5.74, 6) is -0.512. The van der Waals surface area contributed by atoms with Gasteiger partial charge in [-0.15, -0.1) is 11.3 Å². The first kappa shape index (κ1) is 20.6. The number of carbonyl (C=O) groups excluding carboxylic acids is 1. The first-order valence-electron chi connectivity index (χ1n) is 9.99. The molecule has 0 aliphatic carbocycles. The Hall–Kier alpha value is -2.64. The maximum atomic E-state index is 14.0. The number of hydrogen-bond donors (Lipinski definition) is 0. The molecule has 1 aliphatic heterocycles. The van der Waals surface area contributed by atoms with E-state index in [1.807, 2.05) is 17.9 Å². The van der Waals surface area contributed by atoms with Crippen LogP contribution in [-0.4, -0.2) is 46.9 Å². The van der Waals surface area contributed by atoms with E-state index in [0.29, 0.717) is 47.3 Å². The molecule has 4 rings (SSSR count). The van der Waals surface area contributed by atoms with E-state index in [1.54, 1.807) is 24.3 Å². The van der Waals surface area contributed by atoms with Crippen molar-refractivity contribution in [3.05, 3.63) is 76.3 Å². The lowest BCUT2D eigenvalue weighted by Gasteiger charge is -2.22. The molecule has 0 saturated carbocycles. The molecule has 0 N–H and O–H groups in total. The molecule has 0 atom stereocenters. The molecule has 2 aromatic carbocycles. The first-order valence-corrected chi connectivity index (χ1v) is 10.8. The average molecular weight is 428 g/mol. The van der Waals surface area contributed by atoms with Gasteiger partial charge in [0.05, 0.1) is 5.69 Å². The molecule has 1 fully saturated rings. The van der Waals surface area contributed by atoms with E-state index in [1.165, 1.54) is 29.5 Å². The van der Waals surface area contributed by atoms with E-state index < -0.39 is 0 Å². The number of benzene rings is 2. The number of nitrogens with zero attached hydrogens (tertiary/aromatic N) is 3. The smallest absolute Gasteiger partial charge is 0.265 e. The summed E-state index contributed by atoms with van der Waals surface area (Å²) < 4.78 is 27.1. The topological polar surface area (TPSA) is 36.4 Å². The van der Waals surface area contributed by atoms with Gasteiger partial charge in [-0.1, -0.05) is 18.2 Å². The fraction of sp³-hybridized carbons (Fsp3) is 0.304. The largest absolute Gasteiger partial charge is 0.337 e. The van der Waals surface area contributed by atoms with E-state index >= 15 is 0 Å². The Morgan fingerprint density at radius 3 is 2.57 bits per heavy atom. The van der Waals surface area contributed by atoms with Gasteiger partial charge in [0.1, 0.15) is 21.5 Å². The third kappa shape index (κ3) is 4.57. The summed E-state index contributed by atoms with van der Waals surface area (Å²) in [6, 6.07) is 13.0. The highest BCUT2D eigenvalue weighted by molar-refractivity contribution is 7.17.